The molecule has 0 atom stereocenters. The second-order valence-electron chi connectivity index (χ2n) is 8.42. The zero-order chi connectivity index (χ0) is 24.9. The number of ether oxygens (including phenoxy) is 1. The van der Waals surface area contributed by atoms with Gasteiger partial charge in [0.05, 0.1) is 34.0 Å². The number of hydrogen-bond acceptors (Lipinski definition) is 7. The highest BCUT2D eigenvalue weighted by atomic mass is 32.1. The van der Waals surface area contributed by atoms with Crippen LogP contribution in [0.3, 0.4) is 0 Å². The standard InChI is InChI=1S/C27H26N6O2S/c1-2-35-27(34)33-15-13-32(14-16-33)24(36)18-19-9-10-20-23(17-19)31-26(22-8-4-6-12-29-22)25(30-20)21-7-3-5-11-28-21/h3-12,17H,2,13-16,18H2,1H3. The van der Waals surface area contributed by atoms with Gasteiger partial charge in [0.2, 0.25) is 0 Å². The second kappa shape index (κ2) is 10.7. The van der Waals surface area contributed by atoms with Crippen LogP contribution in [-0.2, 0) is 11.2 Å². The van der Waals surface area contributed by atoms with Crippen molar-refractivity contribution in [2.45, 2.75) is 13.3 Å². The van der Waals surface area contributed by atoms with Gasteiger partial charge in [0.1, 0.15) is 11.4 Å². The number of amides is 1. The van der Waals surface area contributed by atoms with Crippen LogP contribution in [-0.4, -0.2) is 73.6 Å². The molecule has 0 N–H and O–H groups in total. The van der Waals surface area contributed by atoms with E-state index in [-0.39, 0.29) is 6.09 Å². The Kier molecular flexibility index (Phi) is 7.08. The van der Waals surface area contributed by atoms with E-state index in [2.05, 4.69) is 14.9 Å². The van der Waals surface area contributed by atoms with E-state index in [0.717, 1.165) is 33.0 Å². The molecule has 1 aromatic carbocycles. The third-order valence-corrected chi connectivity index (χ3v) is 6.46. The van der Waals surface area contributed by atoms with Crippen LogP contribution in [0.1, 0.15) is 12.5 Å². The van der Waals surface area contributed by atoms with Gasteiger partial charge in [-0.25, -0.2) is 14.8 Å². The molecule has 9 heteroatoms. The Labute approximate surface area is 215 Å². The van der Waals surface area contributed by atoms with Gasteiger partial charge in [-0.05, 0) is 48.9 Å². The van der Waals surface area contributed by atoms with Gasteiger partial charge in [0.15, 0.2) is 0 Å². The fourth-order valence-corrected chi connectivity index (χ4v) is 4.56. The number of hydrogen-bond donors (Lipinski definition) is 0. The van der Waals surface area contributed by atoms with Gasteiger partial charge < -0.3 is 14.5 Å². The predicted octanol–water partition coefficient (Wildman–Crippen LogP) is 4.40. The van der Waals surface area contributed by atoms with Crippen molar-refractivity contribution < 1.29 is 9.53 Å². The summed E-state index contributed by atoms with van der Waals surface area (Å²) in [5.74, 6) is 0. The zero-order valence-electron chi connectivity index (χ0n) is 20.0. The van der Waals surface area contributed by atoms with Crippen LogP contribution in [0.5, 0.6) is 0 Å². The van der Waals surface area contributed by atoms with Crippen LogP contribution < -0.4 is 0 Å². The van der Waals surface area contributed by atoms with Crippen molar-refractivity contribution in [2.75, 3.05) is 32.8 Å². The maximum Gasteiger partial charge on any atom is 0.409 e. The molecule has 0 radical (unpaired) electrons. The summed E-state index contributed by atoms with van der Waals surface area (Å²) in [5.41, 5.74) is 5.51. The molecule has 36 heavy (non-hydrogen) atoms. The summed E-state index contributed by atoms with van der Waals surface area (Å²) in [6, 6.07) is 17.6. The molecule has 1 aliphatic rings. The summed E-state index contributed by atoms with van der Waals surface area (Å²) in [4.78, 5) is 35.6. The first-order valence-electron chi connectivity index (χ1n) is 12.0. The minimum atomic E-state index is -0.259. The van der Waals surface area contributed by atoms with Gasteiger partial charge in [-0.3, -0.25) is 9.97 Å². The minimum absolute atomic E-state index is 0.259. The molecule has 182 valence electrons. The molecule has 4 aromatic rings. The Morgan fingerprint density at radius 2 is 1.47 bits per heavy atom. The van der Waals surface area contributed by atoms with Crippen molar-refractivity contribution in [3.63, 3.8) is 0 Å². The van der Waals surface area contributed by atoms with E-state index in [9.17, 15) is 4.79 Å². The smallest absolute Gasteiger partial charge is 0.409 e. The number of pyridine rings is 2. The fourth-order valence-electron chi connectivity index (χ4n) is 4.21. The topological polar surface area (TPSA) is 84.3 Å². The molecule has 3 aromatic heterocycles. The van der Waals surface area contributed by atoms with Gasteiger partial charge >= 0.3 is 6.09 Å². The molecule has 0 aliphatic carbocycles. The zero-order valence-corrected chi connectivity index (χ0v) is 20.8. The van der Waals surface area contributed by atoms with Gasteiger partial charge in [-0.15, -0.1) is 0 Å². The Balaban J connectivity index is 1.39. The number of rotatable bonds is 5. The van der Waals surface area contributed by atoms with Crippen molar-refractivity contribution >= 4 is 34.3 Å². The van der Waals surface area contributed by atoms with Crippen LogP contribution >= 0.6 is 12.2 Å². The maximum absolute atomic E-state index is 12.0. The minimum Gasteiger partial charge on any atom is -0.450 e. The van der Waals surface area contributed by atoms with Gasteiger partial charge in [0.25, 0.3) is 0 Å². The van der Waals surface area contributed by atoms with Crippen molar-refractivity contribution in [1.29, 1.82) is 0 Å². The van der Waals surface area contributed by atoms with Crippen molar-refractivity contribution in [3.8, 4) is 22.8 Å². The van der Waals surface area contributed by atoms with Crippen LogP contribution in [0.15, 0.2) is 67.0 Å². The van der Waals surface area contributed by atoms with Crippen LogP contribution in [0, 0.1) is 0 Å². The van der Waals surface area contributed by atoms with Crippen LogP contribution in [0.25, 0.3) is 33.8 Å². The highest BCUT2D eigenvalue weighted by Gasteiger charge is 2.23. The van der Waals surface area contributed by atoms with Gasteiger partial charge in [-0.1, -0.05) is 30.4 Å². The normalized spacial score (nSPS) is 13.6. The fraction of sp³-hybridized carbons (Fsp3) is 0.259. The molecular weight excluding hydrogens is 472 g/mol. The first kappa shape index (κ1) is 23.7. The lowest BCUT2D eigenvalue weighted by molar-refractivity contribution is 0.0921. The number of thiocarbonyl (C=S) groups is 1. The number of nitrogens with zero attached hydrogens (tertiary/aromatic N) is 6. The second-order valence-corrected chi connectivity index (χ2v) is 8.89. The third kappa shape index (κ3) is 5.16. The quantitative estimate of drug-likeness (QED) is 0.375. The highest BCUT2D eigenvalue weighted by molar-refractivity contribution is 7.80. The third-order valence-electron chi connectivity index (χ3n) is 6.06. The highest BCUT2D eigenvalue weighted by Crippen LogP contribution is 2.29. The Hall–Kier alpha value is -3.98. The average Bonchev–Trinajstić information content (AvgIpc) is 2.93. The summed E-state index contributed by atoms with van der Waals surface area (Å²) in [7, 11) is 0. The maximum atomic E-state index is 12.0. The summed E-state index contributed by atoms with van der Waals surface area (Å²) >= 11 is 5.76. The molecule has 0 unspecified atom stereocenters. The largest absolute Gasteiger partial charge is 0.450 e. The van der Waals surface area contributed by atoms with E-state index in [0.29, 0.717) is 50.6 Å². The molecular formula is C27H26N6O2S. The van der Waals surface area contributed by atoms with Crippen LogP contribution in [0.2, 0.25) is 0 Å². The summed E-state index contributed by atoms with van der Waals surface area (Å²) in [5, 5.41) is 0. The molecule has 1 saturated heterocycles. The number of fused-ring (bicyclic) bond motifs is 1. The van der Waals surface area contributed by atoms with E-state index in [1.807, 2.05) is 61.5 Å². The number of carbonyl (C=O) groups excluding carboxylic acids is 1. The number of piperazine rings is 1. The Morgan fingerprint density at radius 3 is 2.06 bits per heavy atom. The summed E-state index contributed by atoms with van der Waals surface area (Å²) in [6.45, 7) is 4.80. The van der Waals surface area contributed by atoms with E-state index in [4.69, 9.17) is 26.9 Å². The number of benzene rings is 1. The van der Waals surface area contributed by atoms with E-state index in [1.54, 1.807) is 17.3 Å². The van der Waals surface area contributed by atoms with Gasteiger partial charge in [0, 0.05) is 45.0 Å². The number of carbonyl (C=O) groups is 1. The molecule has 0 bridgehead atoms. The first-order chi connectivity index (χ1) is 17.6. The first-order valence-corrected chi connectivity index (χ1v) is 12.4. The van der Waals surface area contributed by atoms with E-state index < -0.39 is 0 Å². The average molecular weight is 499 g/mol. The molecule has 5 rings (SSSR count). The Bertz CT molecular complexity index is 1380. The molecule has 1 aliphatic heterocycles. The molecule has 1 fully saturated rings. The van der Waals surface area contributed by atoms with E-state index in [1.165, 1.54) is 0 Å². The van der Waals surface area contributed by atoms with Crippen LogP contribution in [0.4, 0.5) is 4.79 Å². The summed E-state index contributed by atoms with van der Waals surface area (Å²) < 4.78 is 5.11. The molecule has 0 spiro atoms. The Morgan fingerprint density at radius 1 is 0.861 bits per heavy atom. The molecule has 8 nitrogen and oxygen atoms in total. The lowest BCUT2D eigenvalue weighted by Crippen LogP contribution is -2.50. The number of aromatic nitrogens is 4. The van der Waals surface area contributed by atoms with Gasteiger partial charge in [-0.2, -0.15) is 0 Å². The molecule has 0 saturated carbocycles. The monoisotopic (exact) mass is 498 g/mol. The van der Waals surface area contributed by atoms with E-state index >= 15 is 0 Å². The lowest BCUT2D eigenvalue weighted by atomic mass is 10.1. The van der Waals surface area contributed by atoms with Crippen molar-refractivity contribution in [3.05, 3.63) is 72.6 Å². The lowest BCUT2D eigenvalue weighted by Gasteiger charge is -2.35. The van der Waals surface area contributed by atoms with Crippen molar-refractivity contribution in [2.24, 2.45) is 0 Å². The SMILES string of the molecule is CCOC(=O)N1CCN(C(=S)Cc2ccc3nc(-c4ccccn4)c(-c4ccccn4)nc3c2)CC1. The van der Waals surface area contributed by atoms with Crippen molar-refractivity contribution in [1.82, 2.24) is 29.7 Å². The molecule has 4 heterocycles. The predicted molar refractivity (Wildman–Crippen MR) is 142 cm³/mol. The molecule has 1 amide bonds. The summed E-state index contributed by atoms with van der Waals surface area (Å²) in [6.07, 6.45) is 3.86.